The molecule has 96 valence electrons. The molecule has 1 atom stereocenters. The van der Waals surface area contributed by atoms with E-state index in [1.54, 1.807) is 31.6 Å². The Hall–Kier alpha value is -2.54. The van der Waals surface area contributed by atoms with Crippen molar-refractivity contribution in [2.45, 2.75) is 13.0 Å². The lowest BCUT2D eigenvalue weighted by Crippen LogP contribution is -2.09. The smallest absolute Gasteiger partial charge is 0.143 e. The molecule has 0 aliphatic rings. The van der Waals surface area contributed by atoms with Crippen LogP contribution in [-0.2, 0) is 0 Å². The van der Waals surface area contributed by atoms with Gasteiger partial charge in [-0.3, -0.25) is 4.98 Å². The largest absolute Gasteiger partial charge is 0.495 e. The SMILES string of the molecule is COc1cccc(C#N)c1NC(C)c1cccnc1. The fourth-order valence-corrected chi connectivity index (χ4v) is 1.88. The van der Waals surface area contributed by atoms with Gasteiger partial charge in [0.05, 0.1) is 24.4 Å². The van der Waals surface area contributed by atoms with Crippen molar-refractivity contribution in [1.82, 2.24) is 4.98 Å². The summed E-state index contributed by atoms with van der Waals surface area (Å²) in [5.41, 5.74) is 2.33. The second kappa shape index (κ2) is 5.87. The number of ether oxygens (including phenoxy) is 1. The first-order valence-electron chi connectivity index (χ1n) is 6.00. The minimum Gasteiger partial charge on any atom is -0.495 e. The van der Waals surface area contributed by atoms with Crippen LogP contribution >= 0.6 is 0 Å². The summed E-state index contributed by atoms with van der Waals surface area (Å²) in [5.74, 6) is 0.662. The highest BCUT2D eigenvalue weighted by Crippen LogP contribution is 2.31. The molecule has 4 nitrogen and oxygen atoms in total. The van der Waals surface area contributed by atoms with Crippen LogP contribution in [0.4, 0.5) is 5.69 Å². The Bertz CT molecular complexity index is 590. The van der Waals surface area contributed by atoms with Gasteiger partial charge in [-0.15, -0.1) is 0 Å². The molecule has 4 heteroatoms. The van der Waals surface area contributed by atoms with Crippen LogP contribution in [0.5, 0.6) is 5.75 Å². The maximum atomic E-state index is 9.16. The highest BCUT2D eigenvalue weighted by Gasteiger charge is 2.12. The Labute approximate surface area is 112 Å². The highest BCUT2D eigenvalue weighted by molar-refractivity contribution is 5.67. The van der Waals surface area contributed by atoms with E-state index in [0.29, 0.717) is 17.0 Å². The lowest BCUT2D eigenvalue weighted by atomic mass is 10.1. The van der Waals surface area contributed by atoms with E-state index in [2.05, 4.69) is 16.4 Å². The number of methoxy groups -OCH3 is 1. The van der Waals surface area contributed by atoms with Crippen LogP contribution in [0.15, 0.2) is 42.7 Å². The molecule has 1 aromatic carbocycles. The summed E-state index contributed by atoms with van der Waals surface area (Å²) >= 11 is 0. The van der Waals surface area contributed by atoms with Gasteiger partial charge in [0.2, 0.25) is 0 Å². The normalized spacial score (nSPS) is 11.4. The summed E-state index contributed by atoms with van der Waals surface area (Å²) in [6.45, 7) is 2.02. The lowest BCUT2D eigenvalue weighted by molar-refractivity contribution is 0.416. The molecule has 1 aromatic heterocycles. The van der Waals surface area contributed by atoms with Gasteiger partial charge in [0.1, 0.15) is 11.8 Å². The van der Waals surface area contributed by atoms with Crippen LogP contribution in [0.3, 0.4) is 0 Å². The molecule has 0 aliphatic heterocycles. The van der Waals surface area contributed by atoms with Gasteiger partial charge in [-0.1, -0.05) is 12.1 Å². The third-order valence-corrected chi connectivity index (χ3v) is 2.91. The molecule has 0 amide bonds. The van der Waals surface area contributed by atoms with Crippen molar-refractivity contribution < 1.29 is 4.74 Å². The van der Waals surface area contributed by atoms with Crippen molar-refractivity contribution in [3.05, 3.63) is 53.9 Å². The molecular weight excluding hydrogens is 238 g/mol. The predicted octanol–water partition coefficient (Wildman–Crippen LogP) is 3.13. The molecule has 0 spiro atoms. The number of hydrogen-bond acceptors (Lipinski definition) is 4. The van der Waals surface area contributed by atoms with Crippen molar-refractivity contribution in [1.29, 1.82) is 5.26 Å². The first-order valence-corrected chi connectivity index (χ1v) is 6.00. The molecule has 0 bridgehead atoms. The predicted molar refractivity (Wildman–Crippen MR) is 74.0 cm³/mol. The Morgan fingerprint density at radius 3 is 2.79 bits per heavy atom. The summed E-state index contributed by atoms with van der Waals surface area (Å²) < 4.78 is 5.30. The lowest BCUT2D eigenvalue weighted by Gasteiger charge is -2.18. The molecule has 2 rings (SSSR count). The van der Waals surface area contributed by atoms with E-state index in [9.17, 15) is 0 Å². The summed E-state index contributed by atoms with van der Waals surface area (Å²) in [5, 5.41) is 12.5. The number of rotatable bonds is 4. The standard InChI is InChI=1S/C15H15N3O/c1-11(13-6-4-8-17-10-13)18-15-12(9-16)5-3-7-14(15)19-2/h3-8,10-11,18H,1-2H3. The fraction of sp³-hybridized carbons (Fsp3) is 0.200. The van der Waals surface area contributed by atoms with Gasteiger partial charge >= 0.3 is 0 Å². The van der Waals surface area contributed by atoms with E-state index in [4.69, 9.17) is 10.00 Å². The van der Waals surface area contributed by atoms with Crippen LogP contribution < -0.4 is 10.1 Å². The Morgan fingerprint density at radius 1 is 1.32 bits per heavy atom. The van der Waals surface area contributed by atoms with E-state index in [-0.39, 0.29) is 6.04 Å². The van der Waals surface area contributed by atoms with Crippen molar-refractivity contribution in [3.8, 4) is 11.8 Å². The molecule has 0 radical (unpaired) electrons. The maximum Gasteiger partial charge on any atom is 0.143 e. The fourth-order valence-electron chi connectivity index (χ4n) is 1.88. The third kappa shape index (κ3) is 2.83. The number of nitriles is 1. The van der Waals surface area contributed by atoms with Crippen molar-refractivity contribution in [2.24, 2.45) is 0 Å². The summed E-state index contributed by atoms with van der Waals surface area (Å²) in [6, 6.07) is 11.5. The third-order valence-electron chi connectivity index (χ3n) is 2.91. The molecule has 1 heterocycles. The van der Waals surface area contributed by atoms with Gasteiger partial charge in [-0.25, -0.2) is 0 Å². The Balaban J connectivity index is 2.31. The van der Waals surface area contributed by atoms with Crippen molar-refractivity contribution in [2.75, 3.05) is 12.4 Å². The summed E-state index contributed by atoms with van der Waals surface area (Å²) in [6.07, 6.45) is 3.54. The number of para-hydroxylation sites is 1. The number of aromatic nitrogens is 1. The molecule has 2 aromatic rings. The molecular formula is C15H15N3O. The molecule has 19 heavy (non-hydrogen) atoms. The number of anilines is 1. The van der Waals surface area contributed by atoms with Crippen LogP contribution in [0.2, 0.25) is 0 Å². The highest BCUT2D eigenvalue weighted by atomic mass is 16.5. The first-order chi connectivity index (χ1) is 9.26. The quantitative estimate of drug-likeness (QED) is 0.909. The number of nitrogens with one attached hydrogen (secondary N) is 1. The minimum absolute atomic E-state index is 0.0390. The first kappa shape index (κ1) is 12.9. The number of pyridine rings is 1. The molecule has 0 saturated carbocycles. The molecule has 0 fully saturated rings. The molecule has 0 saturated heterocycles. The van der Waals surface area contributed by atoms with E-state index in [1.165, 1.54) is 0 Å². The van der Waals surface area contributed by atoms with E-state index >= 15 is 0 Å². The molecule has 0 aliphatic carbocycles. The minimum atomic E-state index is 0.0390. The Morgan fingerprint density at radius 2 is 2.16 bits per heavy atom. The van der Waals surface area contributed by atoms with Crippen molar-refractivity contribution in [3.63, 3.8) is 0 Å². The topological polar surface area (TPSA) is 57.9 Å². The zero-order valence-electron chi connectivity index (χ0n) is 10.9. The number of hydrogen-bond donors (Lipinski definition) is 1. The number of nitrogens with zero attached hydrogens (tertiary/aromatic N) is 2. The van der Waals surface area contributed by atoms with Crippen LogP contribution in [-0.4, -0.2) is 12.1 Å². The van der Waals surface area contributed by atoms with Gasteiger partial charge in [-0.05, 0) is 30.7 Å². The second-order valence-electron chi connectivity index (χ2n) is 4.15. The Kier molecular flexibility index (Phi) is 3.99. The van der Waals surface area contributed by atoms with E-state index in [1.807, 2.05) is 25.1 Å². The number of benzene rings is 1. The van der Waals surface area contributed by atoms with Gasteiger partial charge < -0.3 is 10.1 Å². The second-order valence-corrected chi connectivity index (χ2v) is 4.15. The summed E-state index contributed by atoms with van der Waals surface area (Å²) in [4.78, 5) is 4.10. The molecule has 1 N–H and O–H groups in total. The van der Waals surface area contributed by atoms with E-state index in [0.717, 1.165) is 5.56 Å². The monoisotopic (exact) mass is 253 g/mol. The van der Waals surface area contributed by atoms with E-state index < -0.39 is 0 Å². The van der Waals surface area contributed by atoms with Gasteiger partial charge in [0.25, 0.3) is 0 Å². The maximum absolute atomic E-state index is 9.16. The van der Waals surface area contributed by atoms with Gasteiger partial charge in [0.15, 0.2) is 0 Å². The van der Waals surface area contributed by atoms with Crippen LogP contribution in [0.1, 0.15) is 24.1 Å². The van der Waals surface area contributed by atoms with Crippen LogP contribution in [0, 0.1) is 11.3 Å². The molecule has 1 unspecified atom stereocenters. The van der Waals surface area contributed by atoms with Gasteiger partial charge in [0, 0.05) is 12.4 Å². The van der Waals surface area contributed by atoms with Crippen molar-refractivity contribution >= 4 is 5.69 Å². The van der Waals surface area contributed by atoms with Gasteiger partial charge in [-0.2, -0.15) is 5.26 Å². The average molecular weight is 253 g/mol. The average Bonchev–Trinajstić information content (AvgIpc) is 2.48. The zero-order chi connectivity index (χ0) is 13.7. The van der Waals surface area contributed by atoms with Crippen LogP contribution in [0.25, 0.3) is 0 Å². The summed E-state index contributed by atoms with van der Waals surface area (Å²) in [7, 11) is 1.59. The zero-order valence-corrected chi connectivity index (χ0v) is 10.9.